The zero-order valence-electron chi connectivity index (χ0n) is 30.7. The van der Waals surface area contributed by atoms with Gasteiger partial charge in [0.05, 0.1) is 23.4 Å². The van der Waals surface area contributed by atoms with Crippen molar-refractivity contribution in [2.75, 3.05) is 45.0 Å². The molecule has 0 saturated carbocycles. The van der Waals surface area contributed by atoms with Crippen LogP contribution in [0.2, 0.25) is 25.7 Å². The van der Waals surface area contributed by atoms with Gasteiger partial charge in [0.2, 0.25) is 0 Å². The Bertz CT molecular complexity index is 2010. The fraction of sp³-hybridized carbons (Fsp3) is 0.432. The van der Waals surface area contributed by atoms with E-state index in [2.05, 4.69) is 46.5 Å². The van der Waals surface area contributed by atoms with Crippen molar-refractivity contribution in [2.45, 2.75) is 65.5 Å². The van der Waals surface area contributed by atoms with Gasteiger partial charge in [0.15, 0.2) is 38.8 Å². The van der Waals surface area contributed by atoms with Gasteiger partial charge in [0.25, 0.3) is 0 Å². The molecule has 0 amide bonds. The van der Waals surface area contributed by atoms with Crippen molar-refractivity contribution < 1.29 is 28.1 Å². The number of nitrogens with zero attached hydrogens (tertiary/aromatic N) is 6. The van der Waals surface area contributed by atoms with Crippen LogP contribution in [0.15, 0.2) is 59.6 Å². The van der Waals surface area contributed by atoms with Crippen LogP contribution in [0.3, 0.4) is 0 Å². The fourth-order valence-electron chi connectivity index (χ4n) is 5.20. The summed E-state index contributed by atoms with van der Waals surface area (Å²) in [5.41, 5.74) is 2.14. The van der Waals surface area contributed by atoms with E-state index in [0.717, 1.165) is 31.5 Å². The van der Waals surface area contributed by atoms with E-state index in [1.165, 1.54) is 17.4 Å². The number of carbonyl (C=O) groups excluding carboxylic acids is 1. The number of thiazole rings is 2. The predicted molar refractivity (Wildman–Crippen MR) is 208 cm³/mol. The molecule has 0 saturated heterocycles. The molecular formula is C37H47FN6O5S2Si. The Hall–Kier alpha value is -4.02. The normalized spacial score (nSPS) is 12.1. The van der Waals surface area contributed by atoms with Crippen LogP contribution < -0.4 is 14.4 Å². The molecular weight excluding hydrogens is 720 g/mol. The molecule has 0 aliphatic rings. The molecule has 52 heavy (non-hydrogen) atoms. The molecule has 0 unspecified atom stereocenters. The zero-order chi connectivity index (χ0) is 37.1. The van der Waals surface area contributed by atoms with Gasteiger partial charge in [-0.25, -0.2) is 14.2 Å². The van der Waals surface area contributed by atoms with Crippen molar-refractivity contribution in [3.8, 4) is 5.75 Å². The van der Waals surface area contributed by atoms with Gasteiger partial charge < -0.3 is 23.8 Å². The van der Waals surface area contributed by atoms with E-state index in [-0.39, 0.29) is 24.7 Å². The Morgan fingerprint density at radius 1 is 1.02 bits per heavy atom. The number of hydrogen-bond donors (Lipinski definition) is 0. The highest BCUT2D eigenvalue weighted by atomic mass is 32.1. The van der Waals surface area contributed by atoms with Gasteiger partial charge in [-0.3, -0.25) is 4.57 Å². The summed E-state index contributed by atoms with van der Waals surface area (Å²) in [5.74, 6) is 0.361. The Labute approximate surface area is 313 Å². The number of aromatic nitrogens is 4. The minimum Gasteiger partial charge on any atom is -0.491 e. The van der Waals surface area contributed by atoms with Crippen LogP contribution in [0.5, 0.6) is 5.75 Å². The number of para-hydroxylation sites is 2. The van der Waals surface area contributed by atoms with Gasteiger partial charge in [-0.15, -0.1) is 21.5 Å². The van der Waals surface area contributed by atoms with E-state index in [1.54, 1.807) is 43.6 Å². The lowest BCUT2D eigenvalue weighted by molar-refractivity contribution is 0.0519. The van der Waals surface area contributed by atoms with E-state index < -0.39 is 19.9 Å². The molecule has 278 valence electrons. The standard InChI is InChI=1S/C37H47FN6O5S2Si/c1-7-48-35(45)33-31(18-12-21-49-29-16-10-8-14-27(29)38)51-36(39-33)43(19-13-20-46-3)32-24-26(2)34(42-41-32)40-37-44(25-47-22-23-52(4,5)6)28-15-9-11-17-30(28)50-37/h8-11,14-17,24H,7,12-13,18-23,25H2,1-6H3. The van der Waals surface area contributed by atoms with Crippen LogP contribution in [-0.2, 0) is 27.4 Å². The van der Waals surface area contributed by atoms with Crippen molar-refractivity contribution in [1.82, 2.24) is 19.7 Å². The summed E-state index contributed by atoms with van der Waals surface area (Å²) in [6, 6.07) is 17.5. The molecule has 5 rings (SSSR count). The molecule has 11 nitrogen and oxygen atoms in total. The number of carbonyl (C=O) groups is 1. The van der Waals surface area contributed by atoms with Crippen molar-refractivity contribution in [3.63, 3.8) is 0 Å². The number of esters is 1. The molecule has 5 aromatic rings. The lowest BCUT2D eigenvalue weighted by Gasteiger charge is -2.20. The number of aryl methyl sites for hydroxylation is 2. The third kappa shape index (κ3) is 10.5. The number of hydrogen-bond acceptors (Lipinski definition) is 12. The van der Waals surface area contributed by atoms with Crippen LogP contribution in [0.4, 0.5) is 21.2 Å². The number of halogens is 1. The van der Waals surface area contributed by atoms with Gasteiger partial charge >= 0.3 is 5.97 Å². The summed E-state index contributed by atoms with van der Waals surface area (Å²) in [6.07, 6.45) is 1.72. The maximum Gasteiger partial charge on any atom is 0.358 e. The first kappa shape index (κ1) is 39.2. The number of rotatable bonds is 19. The second kappa shape index (κ2) is 18.6. The molecule has 0 aliphatic carbocycles. The van der Waals surface area contributed by atoms with E-state index in [0.29, 0.717) is 62.5 Å². The van der Waals surface area contributed by atoms with E-state index in [9.17, 15) is 9.18 Å². The highest BCUT2D eigenvalue weighted by Crippen LogP contribution is 2.34. The van der Waals surface area contributed by atoms with Gasteiger partial charge in [0.1, 0.15) is 6.73 Å². The highest BCUT2D eigenvalue weighted by Gasteiger charge is 2.24. The summed E-state index contributed by atoms with van der Waals surface area (Å²) < 4.78 is 39.8. The summed E-state index contributed by atoms with van der Waals surface area (Å²) >= 11 is 2.97. The summed E-state index contributed by atoms with van der Waals surface area (Å²) in [5, 5.41) is 9.79. The van der Waals surface area contributed by atoms with Crippen LogP contribution in [-0.4, -0.2) is 73.9 Å². The molecule has 0 bridgehead atoms. The topological polar surface area (TPSA) is 113 Å². The Balaban J connectivity index is 1.42. The molecule has 3 aromatic heterocycles. The molecule has 0 spiro atoms. The average molecular weight is 767 g/mol. The molecule has 0 N–H and O–H groups in total. The van der Waals surface area contributed by atoms with Crippen molar-refractivity contribution in [2.24, 2.45) is 4.99 Å². The molecule has 2 aromatic carbocycles. The van der Waals surface area contributed by atoms with Gasteiger partial charge in [-0.1, -0.05) is 55.2 Å². The van der Waals surface area contributed by atoms with Crippen LogP contribution >= 0.6 is 22.7 Å². The molecule has 3 heterocycles. The number of fused-ring (bicyclic) bond motifs is 1. The van der Waals surface area contributed by atoms with E-state index >= 15 is 0 Å². The molecule has 0 atom stereocenters. The predicted octanol–water partition coefficient (Wildman–Crippen LogP) is 8.30. The van der Waals surface area contributed by atoms with Gasteiger partial charge in [-0.2, -0.15) is 4.99 Å². The number of benzene rings is 2. The monoisotopic (exact) mass is 766 g/mol. The fourth-order valence-corrected chi connectivity index (χ4v) is 8.10. The SMILES string of the molecule is CCOC(=O)c1nc(N(CCCOC)c2cc(C)c(N=c3sc4ccccc4n3COCC[Si](C)(C)C)nn2)sc1CCCOc1ccccc1F. The zero-order valence-corrected chi connectivity index (χ0v) is 33.3. The van der Waals surface area contributed by atoms with Crippen molar-refractivity contribution in [3.05, 3.63) is 81.4 Å². The van der Waals surface area contributed by atoms with Gasteiger partial charge in [-0.05, 0) is 75.0 Å². The van der Waals surface area contributed by atoms with Crippen molar-refractivity contribution in [1.29, 1.82) is 0 Å². The van der Waals surface area contributed by atoms with Gasteiger partial charge in [0, 0.05) is 39.8 Å². The molecule has 0 fully saturated rings. The Kier molecular flexibility index (Phi) is 14.1. The first-order valence-corrected chi connectivity index (χ1v) is 22.8. The summed E-state index contributed by atoms with van der Waals surface area (Å²) in [7, 11) is 0.433. The maximum atomic E-state index is 14.1. The number of methoxy groups -OCH3 is 1. The summed E-state index contributed by atoms with van der Waals surface area (Å²) in [6.45, 7) is 13.4. The Morgan fingerprint density at radius 2 is 1.81 bits per heavy atom. The number of anilines is 2. The lowest BCUT2D eigenvalue weighted by atomic mass is 10.2. The van der Waals surface area contributed by atoms with E-state index in [4.69, 9.17) is 28.9 Å². The van der Waals surface area contributed by atoms with E-state index in [1.807, 2.05) is 30.0 Å². The second-order valence-electron chi connectivity index (χ2n) is 13.3. The second-order valence-corrected chi connectivity index (χ2v) is 21.0. The van der Waals surface area contributed by atoms with Crippen molar-refractivity contribution >= 4 is 63.7 Å². The molecule has 15 heteroatoms. The number of ether oxygens (including phenoxy) is 4. The minimum absolute atomic E-state index is 0.194. The van der Waals surface area contributed by atoms with Crippen LogP contribution in [0.1, 0.15) is 40.7 Å². The average Bonchev–Trinajstić information content (AvgIpc) is 3.69. The maximum absolute atomic E-state index is 14.1. The van der Waals surface area contributed by atoms with Crippen LogP contribution in [0, 0.1) is 12.7 Å². The largest absolute Gasteiger partial charge is 0.491 e. The first-order valence-electron chi connectivity index (χ1n) is 17.4. The van der Waals surface area contributed by atoms with Crippen LogP contribution in [0.25, 0.3) is 10.2 Å². The third-order valence-electron chi connectivity index (χ3n) is 7.99. The lowest BCUT2D eigenvalue weighted by Crippen LogP contribution is -2.23. The highest BCUT2D eigenvalue weighted by molar-refractivity contribution is 7.16. The first-order chi connectivity index (χ1) is 25.1. The molecule has 0 aliphatic heterocycles. The molecule has 0 radical (unpaired) electrons. The summed E-state index contributed by atoms with van der Waals surface area (Å²) in [4.78, 5) is 26.3. The smallest absolute Gasteiger partial charge is 0.358 e. The quantitative estimate of drug-likeness (QED) is 0.0465. The minimum atomic E-state index is -1.23. The Morgan fingerprint density at radius 3 is 2.56 bits per heavy atom. The third-order valence-corrected chi connectivity index (χ3v) is 11.9.